The summed E-state index contributed by atoms with van der Waals surface area (Å²) in [6, 6.07) is 13.0. The van der Waals surface area contributed by atoms with Crippen molar-refractivity contribution in [3.8, 4) is 0 Å². The van der Waals surface area contributed by atoms with Gasteiger partial charge >= 0.3 is 0 Å². The van der Waals surface area contributed by atoms with Gasteiger partial charge in [-0.3, -0.25) is 9.59 Å². The standard InChI is InChI=1S/C19H19N3O2.ClH/c23-18(13-5-8-16-12(11-13)9-10-20-16)22-17-4-2-1-3-15(17)19(24)21-14-6-7-14;/h1-5,8,11,14,20H,6-7,9-10H2,(H,21,24)(H,22,23);1H. The molecule has 0 unspecified atom stereocenters. The van der Waals surface area contributed by atoms with Gasteiger partial charge < -0.3 is 16.0 Å². The van der Waals surface area contributed by atoms with Crippen molar-refractivity contribution < 1.29 is 9.59 Å². The highest BCUT2D eigenvalue weighted by Gasteiger charge is 2.25. The number of carbonyl (C=O) groups is 2. The molecule has 130 valence electrons. The molecular formula is C19H20ClN3O2. The van der Waals surface area contributed by atoms with Crippen LogP contribution in [0.3, 0.4) is 0 Å². The second kappa shape index (κ2) is 7.15. The summed E-state index contributed by atoms with van der Waals surface area (Å²) in [6.07, 6.45) is 2.99. The van der Waals surface area contributed by atoms with Crippen LogP contribution in [0.2, 0.25) is 0 Å². The molecule has 25 heavy (non-hydrogen) atoms. The van der Waals surface area contributed by atoms with Gasteiger partial charge in [0.15, 0.2) is 0 Å². The summed E-state index contributed by atoms with van der Waals surface area (Å²) in [4.78, 5) is 24.9. The van der Waals surface area contributed by atoms with Gasteiger partial charge in [-0.05, 0) is 55.2 Å². The van der Waals surface area contributed by atoms with Crippen molar-refractivity contribution in [2.45, 2.75) is 25.3 Å². The van der Waals surface area contributed by atoms with Gasteiger partial charge in [-0.25, -0.2) is 0 Å². The number of fused-ring (bicyclic) bond motifs is 1. The molecule has 3 N–H and O–H groups in total. The highest BCUT2D eigenvalue weighted by atomic mass is 35.5. The zero-order valence-electron chi connectivity index (χ0n) is 13.7. The minimum atomic E-state index is -0.198. The fourth-order valence-corrected chi connectivity index (χ4v) is 2.92. The maximum atomic E-state index is 12.6. The first-order chi connectivity index (χ1) is 11.7. The van der Waals surface area contributed by atoms with Gasteiger partial charge in [0.25, 0.3) is 11.8 Å². The monoisotopic (exact) mass is 357 g/mol. The van der Waals surface area contributed by atoms with E-state index in [2.05, 4.69) is 16.0 Å². The molecular weight excluding hydrogens is 338 g/mol. The summed E-state index contributed by atoms with van der Waals surface area (Å²) in [5, 5.41) is 9.11. The second-order valence-corrected chi connectivity index (χ2v) is 6.30. The first-order valence-corrected chi connectivity index (χ1v) is 8.29. The van der Waals surface area contributed by atoms with Gasteiger partial charge in [-0.15, -0.1) is 12.4 Å². The summed E-state index contributed by atoms with van der Waals surface area (Å²) in [6.45, 7) is 0.907. The van der Waals surface area contributed by atoms with Crippen LogP contribution in [0.1, 0.15) is 39.1 Å². The van der Waals surface area contributed by atoms with Crippen molar-refractivity contribution in [1.29, 1.82) is 0 Å². The number of benzene rings is 2. The van der Waals surface area contributed by atoms with Crippen molar-refractivity contribution >= 4 is 35.6 Å². The lowest BCUT2D eigenvalue weighted by atomic mass is 10.1. The predicted octanol–water partition coefficient (Wildman–Crippen LogP) is 3.22. The highest BCUT2D eigenvalue weighted by molar-refractivity contribution is 6.09. The van der Waals surface area contributed by atoms with Crippen LogP contribution in [0.15, 0.2) is 42.5 Å². The van der Waals surface area contributed by atoms with Crippen molar-refractivity contribution in [3.05, 3.63) is 59.2 Å². The Hall–Kier alpha value is -2.53. The van der Waals surface area contributed by atoms with E-state index in [0.29, 0.717) is 16.8 Å². The lowest BCUT2D eigenvalue weighted by Crippen LogP contribution is -2.27. The largest absolute Gasteiger partial charge is 0.384 e. The van der Waals surface area contributed by atoms with E-state index in [1.807, 2.05) is 18.2 Å². The Bertz CT molecular complexity index is 818. The maximum absolute atomic E-state index is 12.6. The molecule has 1 aliphatic carbocycles. The van der Waals surface area contributed by atoms with E-state index >= 15 is 0 Å². The zero-order valence-corrected chi connectivity index (χ0v) is 14.5. The number of anilines is 2. The van der Waals surface area contributed by atoms with Gasteiger partial charge in [-0.1, -0.05) is 12.1 Å². The molecule has 1 fully saturated rings. The molecule has 0 spiro atoms. The Morgan fingerprint density at radius 3 is 2.64 bits per heavy atom. The number of rotatable bonds is 4. The molecule has 1 aliphatic heterocycles. The lowest BCUT2D eigenvalue weighted by Gasteiger charge is -2.11. The smallest absolute Gasteiger partial charge is 0.255 e. The number of amides is 2. The van der Waals surface area contributed by atoms with E-state index in [-0.39, 0.29) is 30.3 Å². The second-order valence-electron chi connectivity index (χ2n) is 6.30. The SMILES string of the molecule is Cl.O=C(Nc1ccccc1C(=O)NC1CC1)c1ccc2c(c1)CCN2. The molecule has 5 nitrogen and oxygen atoms in total. The van der Waals surface area contributed by atoms with Crippen molar-refractivity contribution in [1.82, 2.24) is 5.32 Å². The molecule has 1 heterocycles. The van der Waals surface area contributed by atoms with Gasteiger partial charge in [0.1, 0.15) is 0 Å². The summed E-state index contributed by atoms with van der Waals surface area (Å²) >= 11 is 0. The molecule has 6 heteroatoms. The highest BCUT2D eigenvalue weighted by Crippen LogP contribution is 2.25. The Labute approximate surface area is 152 Å². The third-order valence-electron chi connectivity index (χ3n) is 4.41. The fraction of sp³-hybridized carbons (Fsp3) is 0.263. The molecule has 2 aromatic carbocycles. The summed E-state index contributed by atoms with van der Waals surface area (Å²) in [5.41, 5.74) is 3.90. The number of halogens is 1. The lowest BCUT2D eigenvalue weighted by molar-refractivity contribution is 0.0952. The molecule has 0 aromatic heterocycles. The van der Waals surface area contributed by atoms with E-state index in [4.69, 9.17) is 0 Å². The van der Waals surface area contributed by atoms with Crippen molar-refractivity contribution in [3.63, 3.8) is 0 Å². The van der Waals surface area contributed by atoms with Crippen LogP contribution in [-0.4, -0.2) is 24.4 Å². The minimum absolute atomic E-state index is 0. The van der Waals surface area contributed by atoms with E-state index in [1.54, 1.807) is 24.3 Å². The normalized spacial score (nSPS) is 14.7. The van der Waals surface area contributed by atoms with E-state index in [1.165, 1.54) is 0 Å². The number of nitrogens with one attached hydrogen (secondary N) is 3. The molecule has 2 aliphatic rings. The van der Waals surface area contributed by atoms with Crippen molar-refractivity contribution in [2.75, 3.05) is 17.2 Å². The molecule has 2 amide bonds. The quantitative estimate of drug-likeness (QED) is 0.786. The Balaban J connectivity index is 0.00000182. The van der Waals surface area contributed by atoms with E-state index in [0.717, 1.165) is 37.1 Å². The van der Waals surface area contributed by atoms with Crippen LogP contribution in [0.4, 0.5) is 11.4 Å². The number of hydrogen-bond acceptors (Lipinski definition) is 3. The summed E-state index contributed by atoms with van der Waals surface area (Å²) in [7, 11) is 0. The predicted molar refractivity (Wildman–Crippen MR) is 101 cm³/mol. The van der Waals surface area contributed by atoms with Crippen LogP contribution in [-0.2, 0) is 6.42 Å². The fourth-order valence-electron chi connectivity index (χ4n) is 2.92. The molecule has 0 radical (unpaired) electrons. The average Bonchev–Trinajstić information content (AvgIpc) is 3.28. The molecule has 0 bridgehead atoms. The maximum Gasteiger partial charge on any atom is 0.255 e. The number of carbonyl (C=O) groups excluding carboxylic acids is 2. The first-order valence-electron chi connectivity index (χ1n) is 8.29. The molecule has 1 saturated carbocycles. The average molecular weight is 358 g/mol. The van der Waals surface area contributed by atoms with Crippen LogP contribution in [0, 0.1) is 0 Å². The third-order valence-corrected chi connectivity index (χ3v) is 4.41. The zero-order chi connectivity index (χ0) is 16.5. The molecule has 0 saturated heterocycles. The number of hydrogen-bond donors (Lipinski definition) is 3. The van der Waals surface area contributed by atoms with Crippen LogP contribution in [0.25, 0.3) is 0 Å². The minimum Gasteiger partial charge on any atom is -0.384 e. The Morgan fingerprint density at radius 1 is 1.04 bits per heavy atom. The Kier molecular flexibility index (Phi) is 4.95. The van der Waals surface area contributed by atoms with Gasteiger partial charge in [0.2, 0.25) is 0 Å². The van der Waals surface area contributed by atoms with Crippen LogP contribution in [0.5, 0.6) is 0 Å². The summed E-state index contributed by atoms with van der Waals surface area (Å²) in [5.74, 6) is -0.331. The van der Waals surface area contributed by atoms with Gasteiger partial charge in [0.05, 0.1) is 11.3 Å². The van der Waals surface area contributed by atoms with Crippen LogP contribution >= 0.6 is 12.4 Å². The summed E-state index contributed by atoms with van der Waals surface area (Å²) < 4.78 is 0. The molecule has 2 aromatic rings. The van der Waals surface area contributed by atoms with Crippen molar-refractivity contribution in [2.24, 2.45) is 0 Å². The molecule has 0 atom stereocenters. The molecule has 4 rings (SSSR count). The topological polar surface area (TPSA) is 70.2 Å². The third kappa shape index (κ3) is 3.77. The van der Waals surface area contributed by atoms with Gasteiger partial charge in [-0.2, -0.15) is 0 Å². The van der Waals surface area contributed by atoms with Crippen LogP contribution < -0.4 is 16.0 Å². The number of para-hydroxylation sites is 1. The van der Waals surface area contributed by atoms with E-state index in [9.17, 15) is 9.59 Å². The first kappa shape index (κ1) is 17.3. The Morgan fingerprint density at radius 2 is 1.84 bits per heavy atom. The van der Waals surface area contributed by atoms with Gasteiger partial charge in [0, 0.05) is 23.8 Å². The van der Waals surface area contributed by atoms with E-state index < -0.39 is 0 Å².